The predicted molar refractivity (Wildman–Crippen MR) is 130 cm³/mol. The van der Waals surface area contributed by atoms with Gasteiger partial charge in [-0.15, -0.1) is 11.3 Å². The number of thiazole rings is 1. The summed E-state index contributed by atoms with van der Waals surface area (Å²) >= 11 is 1.61. The maximum absolute atomic E-state index is 12.9. The predicted octanol–water partition coefficient (Wildman–Crippen LogP) is 5.40. The molecule has 4 aromatic rings. The summed E-state index contributed by atoms with van der Waals surface area (Å²) in [6.45, 7) is 1.67. The third kappa shape index (κ3) is 4.43. The van der Waals surface area contributed by atoms with Crippen molar-refractivity contribution in [3.05, 3.63) is 100 Å². The molecule has 33 heavy (non-hydrogen) atoms. The number of Topliss-reactive ketones (excluding diaryl/α,β-unsaturated/α-hetero) is 1. The van der Waals surface area contributed by atoms with Gasteiger partial charge in [-0.1, -0.05) is 60.7 Å². The molecule has 6 heteroatoms. The zero-order valence-electron chi connectivity index (χ0n) is 18.1. The van der Waals surface area contributed by atoms with Gasteiger partial charge in [0.1, 0.15) is 5.75 Å². The lowest BCUT2D eigenvalue weighted by molar-refractivity contribution is -0.125. The Balaban J connectivity index is 1.44. The van der Waals surface area contributed by atoms with Crippen molar-refractivity contribution >= 4 is 28.7 Å². The Hall–Kier alpha value is -3.77. The zero-order valence-corrected chi connectivity index (χ0v) is 18.9. The number of benzene rings is 3. The molecule has 5 nitrogen and oxygen atoms in total. The third-order valence-electron chi connectivity index (χ3n) is 5.61. The van der Waals surface area contributed by atoms with Gasteiger partial charge < -0.3 is 4.74 Å². The first-order valence-corrected chi connectivity index (χ1v) is 11.7. The van der Waals surface area contributed by atoms with Crippen molar-refractivity contribution < 1.29 is 14.3 Å². The Labute approximate surface area is 196 Å². The molecule has 0 aliphatic carbocycles. The second-order valence-corrected chi connectivity index (χ2v) is 8.89. The fourth-order valence-electron chi connectivity index (χ4n) is 3.88. The van der Waals surface area contributed by atoms with Gasteiger partial charge >= 0.3 is 0 Å². The molecule has 1 unspecified atom stereocenters. The van der Waals surface area contributed by atoms with Crippen LogP contribution >= 0.6 is 11.3 Å². The van der Waals surface area contributed by atoms with E-state index in [9.17, 15) is 9.59 Å². The summed E-state index contributed by atoms with van der Waals surface area (Å²) < 4.78 is 5.82. The molecule has 0 saturated heterocycles. The van der Waals surface area contributed by atoms with E-state index in [-0.39, 0.29) is 18.2 Å². The molecular weight excluding hydrogens is 432 g/mol. The minimum atomic E-state index is -0.649. The Morgan fingerprint density at radius 1 is 1.03 bits per heavy atom. The lowest BCUT2D eigenvalue weighted by Gasteiger charge is -2.33. The van der Waals surface area contributed by atoms with Gasteiger partial charge in [0.25, 0.3) is 5.91 Å². The number of ketones is 1. The quantitative estimate of drug-likeness (QED) is 0.366. The molecular formula is C27H22N2O3S. The summed E-state index contributed by atoms with van der Waals surface area (Å²) in [6, 6.07) is 24.9. The first kappa shape index (κ1) is 21.1. The zero-order chi connectivity index (χ0) is 22.8. The molecule has 0 fully saturated rings. The van der Waals surface area contributed by atoms with Crippen LogP contribution in [0, 0.1) is 0 Å². The number of carbonyl (C=O) groups is 2. The van der Waals surface area contributed by atoms with Crippen LogP contribution in [0.15, 0.2) is 84.2 Å². The number of anilines is 1. The summed E-state index contributed by atoms with van der Waals surface area (Å²) in [5.41, 5.74) is 4.11. The van der Waals surface area contributed by atoms with E-state index < -0.39 is 6.10 Å². The molecule has 3 aromatic carbocycles. The molecule has 1 aromatic heterocycles. The monoisotopic (exact) mass is 454 g/mol. The number of nitrogens with zero attached hydrogens (tertiary/aromatic N) is 2. The van der Waals surface area contributed by atoms with Gasteiger partial charge in [0.05, 0.1) is 22.9 Å². The highest BCUT2D eigenvalue weighted by atomic mass is 32.1. The van der Waals surface area contributed by atoms with Crippen LogP contribution in [0.5, 0.6) is 5.75 Å². The van der Waals surface area contributed by atoms with Crippen LogP contribution in [0.1, 0.15) is 27.9 Å². The first-order chi connectivity index (χ1) is 16.1. The number of ether oxygens (including phenoxy) is 1. The largest absolute Gasteiger partial charge is 0.479 e. The Morgan fingerprint density at radius 2 is 1.76 bits per heavy atom. The lowest BCUT2D eigenvalue weighted by atomic mass is 10.1. The second-order valence-electron chi connectivity index (χ2n) is 7.95. The third-order valence-corrected chi connectivity index (χ3v) is 6.46. The fraction of sp³-hybridized carbons (Fsp3) is 0.148. The molecule has 164 valence electrons. The summed E-state index contributed by atoms with van der Waals surface area (Å²) in [5.74, 6) is 0.242. The topological polar surface area (TPSA) is 59.5 Å². The summed E-state index contributed by atoms with van der Waals surface area (Å²) in [6.07, 6.45) is 0.122. The minimum absolute atomic E-state index is 0.0384. The average Bonchev–Trinajstić information content (AvgIpc) is 3.31. The highest BCUT2D eigenvalue weighted by Crippen LogP contribution is 2.38. The van der Waals surface area contributed by atoms with E-state index in [0.29, 0.717) is 17.0 Å². The van der Waals surface area contributed by atoms with E-state index in [1.54, 1.807) is 30.4 Å². The summed E-state index contributed by atoms with van der Waals surface area (Å²) in [4.78, 5) is 32.1. The van der Waals surface area contributed by atoms with Crippen LogP contribution in [0.2, 0.25) is 0 Å². The number of fused-ring (bicyclic) bond motifs is 1. The number of hydrogen-bond donors (Lipinski definition) is 0. The maximum Gasteiger partial charge on any atom is 0.268 e. The van der Waals surface area contributed by atoms with Crippen LogP contribution < -0.4 is 9.64 Å². The molecule has 0 saturated carbocycles. The van der Waals surface area contributed by atoms with Gasteiger partial charge in [0.2, 0.25) is 0 Å². The van der Waals surface area contributed by atoms with E-state index in [1.165, 1.54) is 10.5 Å². The molecule has 1 atom stereocenters. The van der Waals surface area contributed by atoms with Crippen molar-refractivity contribution in [2.45, 2.75) is 19.4 Å². The average molecular weight is 455 g/mol. The molecule has 0 spiro atoms. The molecule has 0 N–H and O–H groups in total. The molecule has 1 aliphatic rings. The van der Waals surface area contributed by atoms with Gasteiger partial charge in [-0.25, -0.2) is 4.98 Å². The van der Waals surface area contributed by atoms with Crippen LogP contribution in [-0.4, -0.2) is 29.3 Å². The lowest BCUT2D eigenvalue weighted by Crippen LogP contribution is -2.46. The normalized spacial score (nSPS) is 15.1. The van der Waals surface area contributed by atoms with Gasteiger partial charge in [-0.05, 0) is 30.7 Å². The molecule has 5 rings (SSSR count). The van der Waals surface area contributed by atoms with Crippen molar-refractivity contribution in [3.63, 3.8) is 0 Å². The number of rotatable bonds is 6. The Bertz CT molecular complexity index is 1300. The Morgan fingerprint density at radius 3 is 2.52 bits per heavy atom. The van der Waals surface area contributed by atoms with E-state index in [2.05, 4.69) is 12.1 Å². The number of carbonyl (C=O) groups excluding carboxylic acids is 2. The molecule has 2 heterocycles. The highest BCUT2D eigenvalue weighted by Gasteiger charge is 2.33. The van der Waals surface area contributed by atoms with Crippen molar-refractivity contribution in [1.82, 2.24) is 4.98 Å². The van der Waals surface area contributed by atoms with Crippen LogP contribution in [0.4, 0.5) is 5.69 Å². The van der Waals surface area contributed by atoms with Crippen molar-refractivity contribution in [2.75, 3.05) is 11.4 Å². The highest BCUT2D eigenvalue weighted by molar-refractivity contribution is 7.10. The van der Waals surface area contributed by atoms with Gasteiger partial charge in [0, 0.05) is 22.9 Å². The van der Waals surface area contributed by atoms with Crippen molar-refractivity contribution in [3.8, 4) is 17.0 Å². The summed E-state index contributed by atoms with van der Waals surface area (Å²) in [7, 11) is 0. The van der Waals surface area contributed by atoms with Gasteiger partial charge in [0.15, 0.2) is 11.9 Å². The van der Waals surface area contributed by atoms with E-state index in [4.69, 9.17) is 9.72 Å². The van der Waals surface area contributed by atoms with Gasteiger partial charge in [-0.2, -0.15) is 0 Å². The van der Waals surface area contributed by atoms with E-state index in [1.807, 2.05) is 60.0 Å². The van der Waals surface area contributed by atoms with Crippen molar-refractivity contribution in [1.29, 1.82) is 0 Å². The molecule has 0 bridgehead atoms. The number of hydrogen-bond acceptors (Lipinski definition) is 5. The van der Waals surface area contributed by atoms with E-state index >= 15 is 0 Å². The SMILES string of the molecule is CC1Oc2ccc(-c3csc(Cc4ccccc4)n3)cc2N(CC(=O)c2ccccc2)C1=O. The summed E-state index contributed by atoms with van der Waals surface area (Å²) in [5, 5.41) is 3.04. The van der Waals surface area contributed by atoms with Gasteiger partial charge in [-0.3, -0.25) is 14.5 Å². The molecule has 1 amide bonds. The van der Waals surface area contributed by atoms with Crippen LogP contribution in [-0.2, 0) is 11.2 Å². The smallest absolute Gasteiger partial charge is 0.268 e. The number of aromatic nitrogens is 1. The first-order valence-electron chi connectivity index (χ1n) is 10.8. The van der Waals surface area contributed by atoms with Crippen LogP contribution in [0.25, 0.3) is 11.3 Å². The fourth-order valence-corrected chi connectivity index (χ4v) is 4.72. The molecule has 1 aliphatic heterocycles. The van der Waals surface area contributed by atoms with E-state index in [0.717, 1.165) is 22.7 Å². The number of amides is 1. The maximum atomic E-state index is 12.9. The Kier molecular flexibility index (Phi) is 5.75. The van der Waals surface area contributed by atoms with Crippen molar-refractivity contribution in [2.24, 2.45) is 0 Å². The van der Waals surface area contributed by atoms with Crippen LogP contribution in [0.3, 0.4) is 0 Å². The second kappa shape index (κ2) is 9.00. The standard InChI is InChI=1S/C27H22N2O3S/c1-18-27(31)29(16-24(30)20-10-6-3-7-11-20)23-15-21(12-13-25(23)32-18)22-17-33-26(28-22)14-19-8-4-2-5-9-19/h2-13,15,17-18H,14,16H2,1H3. The minimum Gasteiger partial charge on any atom is -0.479 e. The molecule has 0 radical (unpaired) electrons.